The Morgan fingerprint density at radius 3 is 2.57 bits per heavy atom. The van der Waals surface area contributed by atoms with Crippen molar-refractivity contribution in [2.75, 3.05) is 6.54 Å². The van der Waals surface area contributed by atoms with Gasteiger partial charge in [-0.3, -0.25) is 0 Å². The normalized spacial score (nSPS) is 23.4. The van der Waals surface area contributed by atoms with Gasteiger partial charge in [0.25, 0.3) is 0 Å². The third-order valence-corrected chi connectivity index (χ3v) is 5.96. The molecule has 1 aromatic rings. The van der Waals surface area contributed by atoms with Crippen LogP contribution in [0.1, 0.15) is 50.5 Å². The van der Waals surface area contributed by atoms with E-state index in [2.05, 4.69) is 11.6 Å². The number of furan rings is 1. The molecule has 1 fully saturated rings. The molecule has 0 saturated heterocycles. The molecular weight excluding hydrogens is 288 g/mol. The van der Waals surface area contributed by atoms with Crippen LogP contribution in [-0.4, -0.2) is 15.0 Å². The summed E-state index contributed by atoms with van der Waals surface area (Å²) in [7, 11) is -3.49. The second kappa shape index (κ2) is 6.94. The van der Waals surface area contributed by atoms with Crippen molar-refractivity contribution in [3.63, 3.8) is 0 Å². The molecule has 1 aliphatic carbocycles. The molecule has 1 heterocycles. The third-order valence-electron chi connectivity index (χ3n) is 4.39. The average molecular weight is 314 g/mol. The van der Waals surface area contributed by atoms with Crippen LogP contribution in [0.25, 0.3) is 0 Å². The van der Waals surface area contributed by atoms with Crippen molar-refractivity contribution in [3.8, 4) is 0 Å². The summed E-state index contributed by atoms with van der Waals surface area (Å²) in [6, 6.07) is 1.51. The molecule has 6 heteroatoms. The number of sulfonamides is 1. The number of hydrogen-bond donors (Lipinski definition) is 2. The summed E-state index contributed by atoms with van der Waals surface area (Å²) < 4.78 is 32.5. The Morgan fingerprint density at radius 1 is 1.33 bits per heavy atom. The first-order chi connectivity index (χ1) is 9.92. The zero-order chi connectivity index (χ0) is 15.5. The quantitative estimate of drug-likeness (QED) is 0.845. The fraction of sp³-hybridized carbons (Fsp3) is 0.733. The topological polar surface area (TPSA) is 85.3 Å². The molecule has 21 heavy (non-hydrogen) atoms. The predicted molar refractivity (Wildman–Crippen MR) is 82.3 cm³/mol. The Bertz CT molecular complexity index is 557. The molecule has 1 aliphatic rings. The number of rotatable bonds is 6. The maximum atomic E-state index is 12.3. The second-order valence-corrected chi connectivity index (χ2v) is 7.88. The lowest BCUT2D eigenvalue weighted by Crippen LogP contribution is -2.27. The molecule has 1 aromatic heterocycles. The lowest BCUT2D eigenvalue weighted by atomic mass is 9.81. The lowest BCUT2D eigenvalue weighted by Gasteiger charge is -2.26. The van der Waals surface area contributed by atoms with Gasteiger partial charge in [0.1, 0.15) is 16.4 Å². The van der Waals surface area contributed by atoms with Gasteiger partial charge in [-0.05, 0) is 25.2 Å². The minimum atomic E-state index is -3.49. The van der Waals surface area contributed by atoms with E-state index >= 15 is 0 Å². The molecule has 0 spiro atoms. The van der Waals surface area contributed by atoms with Crippen LogP contribution in [0, 0.1) is 18.8 Å². The molecule has 0 radical (unpaired) electrons. The van der Waals surface area contributed by atoms with Crippen molar-refractivity contribution < 1.29 is 12.8 Å². The SMILES string of the molecule is Cc1oc(CN)cc1S(=O)(=O)NCCC1CCC(C)CC1. The van der Waals surface area contributed by atoms with E-state index in [-0.39, 0.29) is 11.4 Å². The van der Waals surface area contributed by atoms with Gasteiger partial charge in [0.15, 0.2) is 0 Å². The van der Waals surface area contributed by atoms with Gasteiger partial charge in [0.2, 0.25) is 10.0 Å². The van der Waals surface area contributed by atoms with Crippen LogP contribution in [0.15, 0.2) is 15.4 Å². The van der Waals surface area contributed by atoms with Crippen LogP contribution < -0.4 is 10.5 Å². The molecule has 5 nitrogen and oxygen atoms in total. The summed E-state index contributed by atoms with van der Waals surface area (Å²) in [5.74, 6) is 2.36. The maximum absolute atomic E-state index is 12.3. The van der Waals surface area contributed by atoms with Crippen LogP contribution in [0.2, 0.25) is 0 Å². The van der Waals surface area contributed by atoms with E-state index in [1.807, 2.05) is 0 Å². The highest BCUT2D eigenvalue weighted by Gasteiger charge is 2.22. The van der Waals surface area contributed by atoms with Gasteiger partial charge in [0, 0.05) is 12.6 Å². The average Bonchev–Trinajstić information content (AvgIpc) is 2.83. The van der Waals surface area contributed by atoms with E-state index in [1.54, 1.807) is 6.92 Å². The van der Waals surface area contributed by atoms with Crippen molar-refractivity contribution in [2.24, 2.45) is 17.6 Å². The number of nitrogens with two attached hydrogens (primary N) is 1. The van der Waals surface area contributed by atoms with E-state index < -0.39 is 10.0 Å². The van der Waals surface area contributed by atoms with Gasteiger partial charge in [-0.15, -0.1) is 0 Å². The van der Waals surface area contributed by atoms with Crippen molar-refractivity contribution in [3.05, 3.63) is 17.6 Å². The molecule has 1 saturated carbocycles. The minimum Gasteiger partial charge on any atom is -0.464 e. The highest BCUT2D eigenvalue weighted by molar-refractivity contribution is 7.89. The molecule has 2 rings (SSSR count). The monoisotopic (exact) mass is 314 g/mol. The van der Waals surface area contributed by atoms with Crippen molar-refractivity contribution >= 4 is 10.0 Å². The maximum Gasteiger partial charge on any atom is 0.244 e. The van der Waals surface area contributed by atoms with E-state index in [0.29, 0.717) is 24.0 Å². The molecule has 0 unspecified atom stereocenters. The Balaban J connectivity index is 1.88. The summed E-state index contributed by atoms with van der Waals surface area (Å²) in [5, 5.41) is 0. The Labute approximate surface area is 127 Å². The fourth-order valence-electron chi connectivity index (χ4n) is 2.98. The molecule has 3 N–H and O–H groups in total. The molecule has 0 atom stereocenters. The summed E-state index contributed by atoms with van der Waals surface area (Å²) in [6.07, 6.45) is 5.86. The van der Waals surface area contributed by atoms with Gasteiger partial charge < -0.3 is 10.2 Å². The smallest absolute Gasteiger partial charge is 0.244 e. The fourth-order valence-corrected chi connectivity index (χ4v) is 4.23. The van der Waals surface area contributed by atoms with Crippen molar-refractivity contribution in [1.82, 2.24) is 4.72 Å². The van der Waals surface area contributed by atoms with Gasteiger partial charge in [-0.25, -0.2) is 13.1 Å². The van der Waals surface area contributed by atoms with Crippen LogP contribution in [0.5, 0.6) is 0 Å². The summed E-state index contributed by atoms with van der Waals surface area (Å²) in [6.45, 7) is 4.63. The van der Waals surface area contributed by atoms with Gasteiger partial charge in [0.05, 0.1) is 6.54 Å². The molecule has 0 bridgehead atoms. The molecule has 0 aliphatic heterocycles. The Hall–Kier alpha value is -0.850. The molecule has 0 amide bonds. The Kier molecular flexibility index (Phi) is 5.46. The van der Waals surface area contributed by atoms with Gasteiger partial charge >= 0.3 is 0 Å². The first-order valence-corrected chi connectivity index (χ1v) is 9.19. The largest absolute Gasteiger partial charge is 0.464 e. The highest BCUT2D eigenvalue weighted by atomic mass is 32.2. The van der Waals surface area contributed by atoms with Gasteiger partial charge in [-0.2, -0.15) is 0 Å². The lowest BCUT2D eigenvalue weighted by molar-refractivity contribution is 0.278. The number of nitrogens with one attached hydrogen (secondary N) is 1. The van der Waals surface area contributed by atoms with E-state index in [9.17, 15) is 8.42 Å². The van der Waals surface area contributed by atoms with Crippen LogP contribution >= 0.6 is 0 Å². The van der Waals surface area contributed by atoms with Gasteiger partial charge in [-0.1, -0.05) is 32.6 Å². The number of hydrogen-bond acceptors (Lipinski definition) is 4. The highest BCUT2D eigenvalue weighted by Crippen LogP contribution is 2.30. The summed E-state index contributed by atoms with van der Waals surface area (Å²) in [5.41, 5.74) is 5.48. The van der Waals surface area contributed by atoms with E-state index in [4.69, 9.17) is 10.2 Å². The number of aryl methyl sites for hydroxylation is 1. The van der Waals surface area contributed by atoms with E-state index in [1.165, 1.54) is 31.7 Å². The first kappa shape index (κ1) is 16.5. The van der Waals surface area contributed by atoms with E-state index in [0.717, 1.165) is 12.3 Å². The molecule has 0 aromatic carbocycles. The van der Waals surface area contributed by atoms with Crippen molar-refractivity contribution in [1.29, 1.82) is 0 Å². The van der Waals surface area contributed by atoms with Crippen molar-refractivity contribution in [2.45, 2.75) is 57.4 Å². The van der Waals surface area contributed by atoms with Crippen LogP contribution in [0.3, 0.4) is 0 Å². The standard InChI is InChI=1S/C15H26N2O3S/c1-11-3-5-13(6-4-11)7-8-17-21(18,19)15-9-14(10-16)20-12(15)2/h9,11,13,17H,3-8,10,16H2,1-2H3. The zero-order valence-corrected chi connectivity index (χ0v) is 13.7. The predicted octanol–water partition coefficient (Wildman–Crippen LogP) is 2.54. The van der Waals surface area contributed by atoms with Crippen LogP contribution in [-0.2, 0) is 16.6 Å². The molecular formula is C15H26N2O3S. The zero-order valence-electron chi connectivity index (χ0n) is 12.9. The summed E-state index contributed by atoms with van der Waals surface area (Å²) >= 11 is 0. The summed E-state index contributed by atoms with van der Waals surface area (Å²) in [4.78, 5) is 0.209. The first-order valence-electron chi connectivity index (χ1n) is 7.71. The minimum absolute atomic E-state index is 0.205. The molecule has 120 valence electrons. The van der Waals surface area contributed by atoms with Crippen LogP contribution in [0.4, 0.5) is 0 Å². The third kappa shape index (κ3) is 4.31. The second-order valence-electron chi connectivity index (χ2n) is 6.15. The Morgan fingerprint density at radius 2 is 2.00 bits per heavy atom.